The molecule has 1 aliphatic heterocycles. The summed E-state index contributed by atoms with van der Waals surface area (Å²) in [6, 6.07) is 3.07. The number of halogens is 2. The van der Waals surface area contributed by atoms with Gasteiger partial charge in [0.1, 0.15) is 12.2 Å². The molecular weight excluding hydrogens is 325 g/mol. The summed E-state index contributed by atoms with van der Waals surface area (Å²) in [5.41, 5.74) is 1.36. The van der Waals surface area contributed by atoms with E-state index in [9.17, 15) is 4.79 Å². The van der Waals surface area contributed by atoms with Crippen molar-refractivity contribution in [3.8, 4) is 0 Å². The Hall–Kier alpha value is -1.79. The van der Waals surface area contributed by atoms with E-state index in [1.54, 1.807) is 12.1 Å². The number of fused-ring (bicyclic) bond motifs is 1. The van der Waals surface area contributed by atoms with Crippen LogP contribution in [-0.4, -0.2) is 26.8 Å². The summed E-state index contributed by atoms with van der Waals surface area (Å²) in [5, 5.41) is 10.8. The van der Waals surface area contributed by atoms with E-state index in [1.165, 1.54) is 6.33 Å². The molecule has 0 spiro atoms. The largest absolute Gasteiger partial charge is 0.333 e. The van der Waals surface area contributed by atoms with Crippen LogP contribution >= 0.6 is 23.2 Å². The van der Waals surface area contributed by atoms with Crippen LogP contribution in [0.3, 0.4) is 0 Å². The highest BCUT2D eigenvalue weighted by molar-refractivity contribution is 6.36. The molecule has 116 valence electrons. The smallest absolute Gasteiger partial charge is 0.319 e. The van der Waals surface area contributed by atoms with Crippen LogP contribution in [0, 0.1) is 6.92 Å². The van der Waals surface area contributed by atoms with Gasteiger partial charge in [-0.3, -0.25) is 0 Å². The Morgan fingerprint density at radius 3 is 3.00 bits per heavy atom. The van der Waals surface area contributed by atoms with Gasteiger partial charge in [-0.2, -0.15) is 5.10 Å². The average Bonchev–Trinajstić information content (AvgIpc) is 2.92. The number of benzene rings is 1. The quantitative estimate of drug-likeness (QED) is 0.883. The van der Waals surface area contributed by atoms with Crippen molar-refractivity contribution in [3.05, 3.63) is 39.9 Å². The van der Waals surface area contributed by atoms with Crippen molar-refractivity contribution >= 4 is 34.9 Å². The molecule has 1 aromatic carbocycles. The number of nitrogens with one attached hydrogen (secondary N) is 2. The van der Waals surface area contributed by atoms with E-state index in [0.29, 0.717) is 22.3 Å². The maximum absolute atomic E-state index is 12.1. The third-order valence-corrected chi connectivity index (χ3v) is 4.36. The zero-order valence-electron chi connectivity index (χ0n) is 11.9. The number of anilines is 1. The number of rotatable bonds is 2. The van der Waals surface area contributed by atoms with E-state index in [4.69, 9.17) is 23.2 Å². The van der Waals surface area contributed by atoms with Crippen LogP contribution in [-0.2, 0) is 13.0 Å². The summed E-state index contributed by atoms with van der Waals surface area (Å²) < 4.78 is 1.81. The number of carbonyl (C=O) groups is 1. The molecule has 1 unspecified atom stereocenters. The van der Waals surface area contributed by atoms with Gasteiger partial charge in [0, 0.05) is 11.4 Å². The van der Waals surface area contributed by atoms with Gasteiger partial charge in [-0.05, 0) is 31.0 Å². The highest BCUT2D eigenvalue weighted by atomic mass is 35.5. The third-order valence-electron chi connectivity index (χ3n) is 3.64. The number of carbonyl (C=O) groups excluding carboxylic acids is 1. The Bertz CT molecular complexity index is 715. The zero-order chi connectivity index (χ0) is 15.7. The summed E-state index contributed by atoms with van der Waals surface area (Å²) in [6.45, 7) is 2.47. The third kappa shape index (κ3) is 3.18. The SMILES string of the molecule is Cc1cc(Cl)c(NC(=O)NC2CCc3ncnn3C2)cc1Cl. The van der Waals surface area contributed by atoms with Crippen LogP contribution in [0.2, 0.25) is 10.0 Å². The highest BCUT2D eigenvalue weighted by Gasteiger charge is 2.21. The van der Waals surface area contributed by atoms with Crippen LogP contribution in [0.15, 0.2) is 18.5 Å². The average molecular weight is 340 g/mol. The van der Waals surface area contributed by atoms with E-state index in [0.717, 1.165) is 24.2 Å². The lowest BCUT2D eigenvalue weighted by molar-refractivity contribution is 0.243. The predicted molar refractivity (Wildman–Crippen MR) is 85.5 cm³/mol. The van der Waals surface area contributed by atoms with Gasteiger partial charge in [-0.1, -0.05) is 23.2 Å². The van der Waals surface area contributed by atoms with Gasteiger partial charge in [0.15, 0.2) is 0 Å². The second-order valence-corrected chi connectivity index (χ2v) is 6.09. The molecule has 1 aromatic heterocycles. The van der Waals surface area contributed by atoms with Crippen LogP contribution in [0.4, 0.5) is 10.5 Å². The minimum Gasteiger partial charge on any atom is -0.333 e. The topological polar surface area (TPSA) is 71.8 Å². The monoisotopic (exact) mass is 339 g/mol. The van der Waals surface area contributed by atoms with E-state index in [2.05, 4.69) is 20.7 Å². The van der Waals surface area contributed by atoms with E-state index >= 15 is 0 Å². The van der Waals surface area contributed by atoms with Crippen molar-refractivity contribution in [1.82, 2.24) is 20.1 Å². The van der Waals surface area contributed by atoms with Crippen LogP contribution in [0.1, 0.15) is 17.8 Å². The van der Waals surface area contributed by atoms with Crippen LogP contribution in [0.25, 0.3) is 0 Å². The Kier molecular flexibility index (Phi) is 4.22. The summed E-state index contributed by atoms with van der Waals surface area (Å²) in [4.78, 5) is 16.3. The Morgan fingerprint density at radius 1 is 1.36 bits per heavy atom. The molecule has 2 aromatic rings. The fraction of sp³-hybridized carbons (Fsp3) is 0.357. The van der Waals surface area contributed by atoms with E-state index in [-0.39, 0.29) is 12.1 Å². The van der Waals surface area contributed by atoms with Crippen molar-refractivity contribution in [1.29, 1.82) is 0 Å². The first-order chi connectivity index (χ1) is 10.5. The molecule has 2 heterocycles. The predicted octanol–water partition coefficient (Wildman–Crippen LogP) is 3.03. The zero-order valence-corrected chi connectivity index (χ0v) is 13.4. The number of hydrogen-bond acceptors (Lipinski definition) is 3. The van der Waals surface area contributed by atoms with E-state index < -0.39 is 0 Å². The minimum absolute atomic E-state index is 0.00824. The molecule has 0 saturated heterocycles. The molecular formula is C14H15Cl2N5O. The molecule has 1 atom stereocenters. The highest BCUT2D eigenvalue weighted by Crippen LogP contribution is 2.28. The molecule has 0 bridgehead atoms. The standard InChI is InChI=1S/C14H15Cl2N5O/c1-8-4-11(16)12(5-10(8)15)20-14(22)19-9-2-3-13-17-7-18-21(13)6-9/h4-5,7,9H,2-3,6H2,1H3,(H2,19,20,22). The normalized spacial score (nSPS) is 17.0. The van der Waals surface area contributed by atoms with Crippen LogP contribution < -0.4 is 10.6 Å². The number of urea groups is 1. The maximum atomic E-state index is 12.1. The van der Waals surface area contributed by atoms with Crippen molar-refractivity contribution in [2.24, 2.45) is 0 Å². The Balaban J connectivity index is 1.63. The van der Waals surface area contributed by atoms with Crippen LogP contribution in [0.5, 0.6) is 0 Å². The summed E-state index contributed by atoms with van der Waals surface area (Å²) in [5.74, 6) is 0.951. The molecule has 2 amide bonds. The fourth-order valence-corrected chi connectivity index (χ4v) is 2.87. The number of hydrogen-bond donors (Lipinski definition) is 2. The minimum atomic E-state index is -0.310. The first-order valence-electron chi connectivity index (χ1n) is 6.93. The summed E-state index contributed by atoms with van der Waals surface area (Å²) in [7, 11) is 0. The molecule has 0 radical (unpaired) electrons. The molecule has 0 aliphatic carbocycles. The fourth-order valence-electron chi connectivity index (χ4n) is 2.44. The van der Waals surface area contributed by atoms with Gasteiger partial charge in [0.05, 0.1) is 23.3 Å². The van der Waals surface area contributed by atoms with Gasteiger partial charge >= 0.3 is 6.03 Å². The van der Waals surface area contributed by atoms with Gasteiger partial charge in [-0.25, -0.2) is 14.5 Å². The molecule has 0 fully saturated rings. The lowest BCUT2D eigenvalue weighted by Gasteiger charge is -2.23. The summed E-state index contributed by atoms with van der Waals surface area (Å²) in [6.07, 6.45) is 3.16. The second kappa shape index (κ2) is 6.14. The Morgan fingerprint density at radius 2 is 2.18 bits per heavy atom. The molecule has 3 rings (SSSR count). The van der Waals surface area contributed by atoms with Crippen molar-refractivity contribution in [2.45, 2.75) is 32.4 Å². The van der Waals surface area contributed by atoms with Crippen molar-refractivity contribution in [3.63, 3.8) is 0 Å². The molecule has 22 heavy (non-hydrogen) atoms. The first kappa shape index (κ1) is 15.1. The molecule has 0 saturated carbocycles. The van der Waals surface area contributed by atoms with Crippen molar-refractivity contribution < 1.29 is 4.79 Å². The first-order valence-corrected chi connectivity index (χ1v) is 7.68. The lowest BCUT2D eigenvalue weighted by Crippen LogP contribution is -2.43. The molecule has 8 heteroatoms. The van der Waals surface area contributed by atoms with Crippen molar-refractivity contribution in [2.75, 3.05) is 5.32 Å². The molecule has 2 N–H and O–H groups in total. The second-order valence-electron chi connectivity index (χ2n) is 5.27. The van der Waals surface area contributed by atoms with E-state index in [1.807, 2.05) is 11.6 Å². The Labute approximate surface area is 137 Å². The van der Waals surface area contributed by atoms with Gasteiger partial charge < -0.3 is 10.6 Å². The number of aromatic nitrogens is 3. The number of nitrogens with zero attached hydrogens (tertiary/aromatic N) is 3. The summed E-state index contributed by atoms with van der Waals surface area (Å²) >= 11 is 12.2. The van der Waals surface area contributed by atoms with Gasteiger partial charge in [0.2, 0.25) is 0 Å². The number of aryl methyl sites for hydroxylation is 2. The maximum Gasteiger partial charge on any atom is 0.319 e. The molecule has 1 aliphatic rings. The van der Waals surface area contributed by atoms with Gasteiger partial charge in [-0.15, -0.1) is 0 Å². The number of amides is 2. The van der Waals surface area contributed by atoms with Gasteiger partial charge in [0.25, 0.3) is 0 Å². The molecule has 6 nitrogen and oxygen atoms in total. The lowest BCUT2D eigenvalue weighted by atomic mass is 10.1.